The van der Waals surface area contributed by atoms with Gasteiger partial charge in [0.15, 0.2) is 17.7 Å². The zero-order valence-corrected chi connectivity index (χ0v) is 10.6. The number of amides is 1. The van der Waals surface area contributed by atoms with Crippen LogP contribution in [0.1, 0.15) is 29.6 Å². The normalized spacial score (nSPS) is 19.1. The average molecular weight is 284 g/mol. The third-order valence-electron chi connectivity index (χ3n) is 3.05. The van der Waals surface area contributed by atoms with Gasteiger partial charge < -0.3 is 15.8 Å². The molecule has 0 spiro atoms. The summed E-state index contributed by atoms with van der Waals surface area (Å²) in [4.78, 5) is 23.5. The molecule has 1 fully saturated rings. The van der Waals surface area contributed by atoms with Crippen LogP contribution in [0.15, 0.2) is 12.1 Å². The molecule has 7 heteroatoms. The molecule has 0 aliphatic carbocycles. The maximum atomic E-state index is 13.1. The van der Waals surface area contributed by atoms with E-state index < -0.39 is 29.6 Å². The molecule has 20 heavy (non-hydrogen) atoms. The van der Waals surface area contributed by atoms with Crippen molar-refractivity contribution >= 4 is 17.6 Å². The second kappa shape index (κ2) is 5.85. The largest absolute Gasteiger partial charge is 0.449 e. The van der Waals surface area contributed by atoms with Gasteiger partial charge in [0.1, 0.15) is 0 Å². The molecule has 5 nitrogen and oxygen atoms in total. The van der Waals surface area contributed by atoms with Crippen LogP contribution in [0.2, 0.25) is 0 Å². The molecule has 1 aliphatic heterocycles. The molecule has 1 unspecified atom stereocenters. The van der Waals surface area contributed by atoms with Gasteiger partial charge >= 0.3 is 5.97 Å². The third-order valence-corrected chi connectivity index (χ3v) is 3.05. The molecule has 3 N–H and O–H groups in total. The molecule has 1 aromatic carbocycles. The van der Waals surface area contributed by atoms with Crippen LogP contribution in [0, 0.1) is 11.6 Å². The van der Waals surface area contributed by atoms with E-state index in [4.69, 9.17) is 10.5 Å². The highest BCUT2D eigenvalue weighted by Crippen LogP contribution is 2.20. The lowest BCUT2D eigenvalue weighted by molar-refractivity contribution is -0.129. The predicted molar refractivity (Wildman–Crippen MR) is 66.8 cm³/mol. The molecule has 1 heterocycles. The number of benzene rings is 1. The second-order valence-electron chi connectivity index (χ2n) is 4.53. The van der Waals surface area contributed by atoms with Crippen molar-refractivity contribution in [2.45, 2.75) is 25.4 Å². The first-order valence-electron chi connectivity index (χ1n) is 6.22. The molecule has 1 aromatic rings. The maximum Gasteiger partial charge on any atom is 0.341 e. The van der Waals surface area contributed by atoms with Gasteiger partial charge in [-0.1, -0.05) is 0 Å². The van der Waals surface area contributed by atoms with Crippen LogP contribution in [0.5, 0.6) is 0 Å². The lowest BCUT2D eigenvalue weighted by atomic mass is 10.1. The Morgan fingerprint density at radius 3 is 2.75 bits per heavy atom. The second-order valence-corrected chi connectivity index (χ2v) is 4.53. The highest BCUT2D eigenvalue weighted by atomic mass is 19.2. The molecule has 0 radical (unpaired) electrons. The number of rotatable bonds is 2. The van der Waals surface area contributed by atoms with Crippen molar-refractivity contribution in [3.05, 3.63) is 29.3 Å². The molecule has 0 saturated carbocycles. The van der Waals surface area contributed by atoms with E-state index >= 15 is 0 Å². The number of nitrogen functional groups attached to an aromatic ring is 1. The summed E-state index contributed by atoms with van der Waals surface area (Å²) in [6, 6.07) is 1.38. The van der Waals surface area contributed by atoms with E-state index in [1.807, 2.05) is 0 Å². The van der Waals surface area contributed by atoms with Crippen LogP contribution in [-0.4, -0.2) is 24.5 Å². The first-order chi connectivity index (χ1) is 9.49. The molecule has 1 saturated heterocycles. The monoisotopic (exact) mass is 284 g/mol. The Balaban J connectivity index is 2.15. The summed E-state index contributed by atoms with van der Waals surface area (Å²) in [6.07, 6.45) is 0.982. The van der Waals surface area contributed by atoms with Crippen molar-refractivity contribution in [3.8, 4) is 0 Å². The van der Waals surface area contributed by atoms with E-state index in [9.17, 15) is 18.4 Å². The van der Waals surface area contributed by atoms with Crippen molar-refractivity contribution in [2.75, 3.05) is 12.3 Å². The van der Waals surface area contributed by atoms with Crippen LogP contribution in [0.4, 0.5) is 14.5 Å². The summed E-state index contributed by atoms with van der Waals surface area (Å²) < 4.78 is 31.1. The van der Waals surface area contributed by atoms with Crippen LogP contribution < -0.4 is 11.1 Å². The van der Waals surface area contributed by atoms with E-state index in [0.29, 0.717) is 25.1 Å². The van der Waals surface area contributed by atoms with Crippen LogP contribution in [0.25, 0.3) is 0 Å². The van der Waals surface area contributed by atoms with E-state index in [-0.39, 0.29) is 11.3 Å². The van der Waals surface area contributed by atoms with Gasteiger partial charge in [0.25, 0.3) is 5.91 Å². The first kappa shape index (κ1) is 14.2. The molecule has 1 aliphatic rings. The molecular formula is C13H14F2N2O3. The Labute approximate surface area is 114 Å². The number of esters is 1. The Bertz CT molecular complexity index is 549. The van der Waals surface area contributed by atoms with Gasteiger partial charge in [-0.25, -0.2) is 13.6 Å². The summed E-state index contributed by atoms with van der Waals surface area (Å²) in [5.41, 5.74) is 4.93. The minimum Gasteiger partial charge on any atom is -0.449 e. The summed E-state index contributed by atoms with van der Waals surface area (Å²) in [7, 11) is 0. The highest BCUT2D eigenvalue weighted by molar-refractivity contribution is 5.96. The third kappa shape index (κ3) is 3.04. The van der Waals surface area contributed by atoms with Gasteiger partial charge in [-0.05, 0) is 25.3 Å². The molecule has 1 atom stereocenters. The standard InChI is InChI=1S/C13H14F2N2O3/c14-8-5-7(10(16)6-9(8)15)13(19)20-11-3-1-2-4-17-12(11)18/h5-6,11H,1-4,16H2,(H,17,18). The molecular weight excluding hydrogens is 270 g/mol. The zero-order chi connectivity index (χ0) is 14.7. The Morgan fingerprint density at radius 2 is 2.00 bits per heavy atom. The number of nitrogens with one attached hydrogen (secondary N) is 1. The Hall–Kier alpha value is -2.18. The predicted octanol–water partition coefficient (Wildman–Crippen LogP) is 1.37. The number of halogens is 2. The SMILES string of the molecule is Nc1cc(F)c(F)cc1C(=O)OC1CCCCNC1=O. The lowest BCUT2D eigenvalue weighted by Crippen LogP contribution is -2.36. The number of anilines is 1. The van der Waals surface area contributed by atoms with Gasteiger partial charge in [0.2, 0.25) is 0 Å². The van der Waals surface area contributed by atoms with Crippen molar-refractivity contribution in [1.29, 1.82) is 0 Å². The average Bonchev–Trinajstić information content (AvgIpc) is 2.59. The van der Waals surface area contributed by atoms with Gasteiger partial charge in [0, 0.05) is 18.3 Å². The van der Waals surface area contributed by atoms with E-state index in [0.717, 1.165) is 12.8 Å². The summed E-state index contributed by atoms with van der Waals surface area (Å²) in [6.45, 7) is 0.528. The smallest absolute Gasteiger partial charge is 0.341 e. The fourth-order valence-electron chi connectivity index (χ4n) is 1.96. The van der Waals surface area contributed by atoms with E-state index in [1.165, 1.54) is 0 Å². The molecule has 108 valence electrons. The number of hydrogen-bond donors (Lipinski definition) is 2. The van der Waals surface area contributed by atoms with Crippen LogP contribution >= 0.6 is 0 Å². The fraction of sp³-hybridized carbons (Fsp3) is 0.385. The molecule has 0 bridgehead atoms. The number of ether oxygens (including phenoxy) is 1. The van der Waals surface area contributed by atoms with Gasteiger partial charge in [-0.2, -0.15) is 0 Å². The summed E-state index contributed by atoms with van der Waals surface area (Å²) in [5, 5.41) is 2.61. The van der Waals surface area contributed by atoms with Crippen LogP contribution in [0.3, 0.4) is 0 Å². The van der Waals surface area contributed by atoms with E-state index in [2.05, 4.69) is 5.32 Å². The fourth-order valence-corrected chi connectivity index (χ4v) is 1.96. The molecule has 0 aromatic heterocycles. The number of carbonyl (C=O) groups is 2. The Morgan fingerprint density at radius 1 is 1.30 bits per heavy atom. The zero-order valence-electron chi connectivity index (χ0n) is 10.6. The molecule has 2 rings (SSSR count). The van der Waals surface area contributed by atoms with Gasteiger partial charge in [-0.3, -0.25) is 4.79 Å². The topological polar surface area (TPSA) is 81.4 Å². The number of hydrogen-bond acceptors (Lipinski definition) is 4. The lowest BCUT2D eigenvalue weighted by Gasteiger charge is -2.15. The number of nitrogens with two attached hydrogens (primary N) is 1. The summed E-state index contributed by atoms with van der Waals surface area (Å²) >= 11 is 0. The van der Waals surface area contributed by atoms with Crippen LogP contribution in [-0.2, 0) is 9.53 Å². The Kier molecular flexibility index (Phi) is 4.16. The minimum absolute atomic E-state index is 0.233. The van der Waals surface area contributed by atoms with Crippen molar-refractivity contribution < 1.29 is 23.1 Å². The maximum absolute atomic E-state index is 13.1. The molecule has 1 amide bonds. The van der Waals surface area contributed by atoms with Crippen molar-refractivity contribution in [3.63, 3.8) is 0 Å². The first-order valence-corrected chi connectivity index (χ1v) is 6.22. The van der Waals surface area contributed by atoms with Gasteiger partial charge in [-0.15, -0.1) is 0 Å². The van der Waals surface area contributed by atoms with E-state index in [1.54, 1.807) is 0 Å². The quantitative estimate of drug-likeness (QED) is 0.635. The van der Waals surface area contributed by atoms with Gasteiger partial charge in [0.05, 0.1) is 5.56 Å². The minimum atomic E-state index is -1.20. The van der Waals surface area contributed by atoms with Crippen molar-refractivity contribution in [2.24, 2.45) is 0 Å². The highest BCUT2D eigenvalue weighted by Gasteiger charge is 2.26. The van der Waals surface area contributed by atoms with Crippen molar-refractivity contribution in [1.82, 2.24) is 5.32 Å². The number of carbonyl (C=O) groups excluding carboxylic acids is 2. The summed E-state index contributed by atoms with van der Waals surface area (Å²) in [5.74, 6) is -3.68.